The third-order valence-electron chi connectivity index (χ3n) is 5.52. The molecule has 1 aromatic rings. The first kappa shape index (κ1) is 15.4. The lowest BCUT2D eigenvalue weighted by Crippen LogP contribution is -2.57. The van der Waals surface area contributed by atoms with E-state index in [-0.39, 0.29) is 5.54 Å². The Hall–Kier alpha value is -0.510. The largest absolute Gasteiger partial charge is 0.328 e. The van der Waals surface area contributed by atoms with Gasteiger partial charge in [-0.15, -0.1) is 0 Å². The molecule has 3 rings (SSSR count). The van der Waals surface area contributed by atoms with Gasteiger partial charge < -0.3 is 5.73 Å². The normalized spacial score (nSPS) is 33.7. The van der Waals surface area contributed by atoms with Crippen LogP contribution in [0.4, 0.5) is 0 Å². The second kappa shape index (κ2) is 6.31. The quantitative estimate of drug-likeness (QED) is 0.926. The second-order valence-electron chi connectivity index (χ2n) is 6.61. The van der Waals surface area contributed by atoms with Gasteiger partial charge in [0.25, 0.3) is 0 Å². The minimum absolute atomic E-state index is 0.0809. The van der Waals surface area contributed by atoms with Gasteiger partial charge >= 0.3 is 0 Å². The Morgan fingerprint density at radius 2 is 2.19 bits per heavy atom. The predicted octanol–water partition coefficient (Wildman–Crippen LogP) is 3.57. The molecule has 0 radical (unpaired) electrons. The number of nitrogens with zero attached hydrogens (tertiary/aromatic N) is 1. The van der Waals surface area contributed by atoms with E-state index >= 15 is 0 Å². The van der Waals surface area contributed by atoms with Crippen molar-refractivity contribution in [3.8, 4) is 0 Å². The van der Waals surface area contributed by atoms with Gasteiger partial charge in [-0.05, 0) is 36.3 Å². The van der Waals surface area contributed by atoms with E-state index < -0.39 is 0 Å². The standard InChI is InChI=1S/C18H28N2S/c1-3-15-12-20(10-11-21-15)18(13-19)9-8-14(2)16-6-4-5-7-17(16)18/h4-7,14-15H,3,8-13,19H2,1-2H3. The first-order valence-corrected chi connectivity index (χ1v) is 9.42. The van der Waals surface area contributed by atoms with Crippen LogP contribution in [0.2, 0.25) is 0 Å². The molecular weight excluding hydrogens is 276 g/mol. The fraction of sp³-hybridized carbons (Fsp3) is 0.667. The molecule has 3 unspecified atom stereocenters. The zero-order chi connectivity index (χ0) is 14.9. The molecule has 1 fully saturated rings. The highest BCUT2D eigenvalue weighted by atomic mass is 32.2. The zero-order valence-corrected chi connectivity index (χ0v) is 14.2. The summed E-state index contributed by atoms with van der Waals surface area (Å²) in [6.45, 7) is 7.80. The van der Waals surface area contributed by atoms with Gasteiger partial charge in [0.2, 0.25) is 0 Å². The maximum absolute atomic E-state index is 6.37. The van der Waals surface area contributed by atoms with E-state index in [0.29, 0.717) is 5.92 Å². The van der Waals surface area contributed by atoms with Crippen LogP contribution >= 0.6 is 11.8 Å². The van der Waals surface area contributed by atoms with Gasteiger partial charge in [-0.1, -0.05) is 38.1 Å². The molecule has 0 saturated carbocycles. The Morgan fingerprint density at radius 1 is 1.38 bits per heavy atom. The van der Waals surface area contributed by atoms with E-state index in [4.69, 9.17) is 5.73 Å². The van der Waals surface area contributed by atoms with E-state index in [1.165, 1.54) is 49.2 Å². The van der Waals surface area contributed by atoms with Gasteiger partial charge in [-0.25, -0.2) is 0 Å². The van der Waals surface area contributed by atoms with Crippen molar-refractivity contribution < 1.29 is 0 Å². The summed E-state index contributed by atoms with van der Waals surface area (Å²) in [4.78, 5) is 2.71. The highest BCUT2D eigenvalue weighted by molar-refractivity contribution is 8.00. The lowest BCUT2D eigenvalue weighted by atomic mass is 9.71. The number of nitrogens with two attached hydrogens (primary N) is 1. The minimum atomic E-state index is 0.0809. The van der Waals surface area contributed by atoms with Gasteiger partial charge in [0.05, 0.1) is 5.54 Å². The molecule has 2 nitrogen and oxygen atoms in total. The molecule has 2 aliphatic rings. The molecule has 3 heteroatoms. The lowest BCUT2D eigenvalue weighted by molar-refractivity contribution is 0.0738. The highest BCUT2D eigenvalue weighted by Gasteiger charge is 2.43. The van der Waals surface area contributed by atoms with Crippen LogP contribution in [0.25, 0.3) is 0 Å². The van der Waals surface area contributed by atoms with Gasteiger partial charge in [-0.2, -0.15) is 11.8 Å². The monoisotopic (exact) mass is 304 g/mol. The summed E-state index contributed by atoms with van der Waals surface area (Å²) in [7, 11) is 0. The topological polar surface area (TPSA) is 29.3 Å². The third kappa shape index (κ3) is 2.64. The summed E-state index contributed by atoms with van der Waals surface area (Å²) >= 11 is 2.14. The van der Waals surface area contributed by atoms with Gasteiger partial charge in [-0.3, -0.25) is 4.90 Å². The number of fused-ring (bicyclic) bond motifs is 1. The molecule has 21 heavy (non-hydrogen) atoms. The van der Waals surface area contributed by atoms with Crippen molar-refractivity contribution in [2.24, 2.45) is 5.73 Å². The molecule has 116 valence electrons. The predicted molar refractivity (Wildman–Crippen MR) is 92.9 cm³/mol. The summed E-state index contributed by atoms with van der Waals surface area (Å²) < 4.78 is 0. The highest BCUT2D eigenvalue weighted by Crippen LogP contribution is 2.45. The summed E-state index contributed by atoms with van der Waals surface area (Å²) in [5.74, 6) is 1.92. The van der Waals surface area contributed by atoms with Crippen molar-refractivity contribution in [3.05, 3.63) is 35.4 Å². The van der Waals surface area contributed by atoms with Crippen LogP contribution in [0.3, 0.4) is 0 Å². The Kier molecular flexibility index (Phi) is 4.63. The number of hydrogen-bond acceptors (Lipinski definition) is 3. The molecule has 0 amide bonds. The molecule has 0 spiro atoms. The Balaban J connectivity index is 1.99. The van der Waals surface area contributed by atoms with Crippen molar-refractivity contribution in [2.75, 3.05) is 25.4 Å². The molecular formula is C18H28N2S. The summed E-state index contributed by atoms with van der Waals surface area (Å²) in [6.07, 6.45) is 3.73. The van der Waals surface area contributed by atoms with Crippen molar-refractivity contribution in [2.45, 2.75) is 49.8 Å². The average Bonchev–Trinajstić information content (AvgIpc) is 2.56. The van der Waals surface area contributed by atoms with Crippen molar-refractivity contribution in [1.29, 1.82) is 0 Å². The Labute approximate surface area is 133 Å². The molecule has 2 N–H and O–H groups in total. The van der Waals surface area contributed by atoms with Gasteiger partial charge in [0.1, 0.15) is 0 Å². The van der Waals surface area contributed by atoms with Crippen molar-refractivity contribution in [1.82, 2.24) is 4.90 Å². The molecule has 3 atom stereocenters. The van der Waals surface area contributed by atoms with Crippen LogP contribution in [0.5, 0.6) is 0 Å². The number of rotatable bonds is 3. The van der Waals surface area contributed by atoms with Crippen LogP contribution < -0.4 is 5.73 Å². The molecule has 1 saturated heterocycles. The van der Waals surface area contributed by atoms with Crippen LogP contribution in [0.15, 0.2) is 24.3 Å². The third-order valence-corrected chi connectivity index (χ3v) is 6.89. The molecule has 1 heterocycles. The maximum atomic E-state index is 6.37. The molecule has 1 aliphatic carbocycles. The average molecular weight is 305 g/mol. The Morgan fingerprint density at radius 3 is 2.95 bits per heavy atom. The van der Waals surface area contributed by atoms with Crippen molar-refractivity contribution in [3.63, 3.8) is 0 Å². The van der Waals surface area contributed by atoms with Crippen molar-refractivity contribution >= 4 is 11.8 Å². The van der Waals surface area contributed by atoms with E-state index in [9.17, 15) is 0 Å². The smallest absolute Gasteiger partial charge is 0.0587 e. The summed E-state index contributed by atoms with van der Waals surface area (Å²) in [5.41, 5.74) is 9.48. The second-order valence-corrected chi connectivity index (χ2v) is 8.02. The van der Waals surface area contributed by atoms with E-state index in [1.54, 1.807) is 0 Å². The Bertz CT molecular complexity index is 490. The molecule has 1 aliphatic heterocycles. The lowest BCUT2D eigenvalue weighted by Gasteiger charge is -2.51. The van der Waals surface area contributed by atoms with Gasteiger partial charge in [0, 0.05) is 30.6 Å². The van der Waals surface area contributed by atoms with E-state index in [0.717, 1.165) is 11.8 Å². The number of hydrogen-bond donors (Lipinski definition) is 1. The maximum Gasteiger partial charge on any atom is 0.0587 e. The summed E-state index contributed by atoms with van der Waals surface area (Å²) in [6, 6.07) is 9.03. The molecule has 1 aromatic carbocycles. The van der Waals surface area contributed by atoms with Crippen LogP contribution in [0, 0.1) is 0 Å². The molecule has 0 bridgehead atoms. The fourth-order valence-corrected chi connectivity index (χ4v) is 5.30. The van der Waals surface area contributed by atoms with Gasteiger partial charge in [0.15, 0.2) is 0 Å². The number of benzene rings is 1. The van der Waals surface area contributed by atoms with E-state index in [2.05, 4.69) is 54.8 Å². The number of thioether (sulfide) groups is 1. The van der Waals surface area contributed by atoms with Crippen LogP contribution in [-0.4, -0.2) is 35.5 Å². The fourth-order valence-electron chi connectivity index (χ4n) is 4.12. The zero-order valence-electron chi connectivity index (χ0n) is 13.3. The first-order chi connectivity index (χ1) is 10.2. The summed E-state index contributed by atoms with van der Waals surface area (Å²) in [5, 5.41) is 0.772. The van der Waals surface area contributed by atoms with Crippen LogP contribution in [-0.2, 0) is 5.54 Å². The minimum Gasteiger partial charge on any atom is -0.328 e. The SMILES string of the molecule is CCC1CN(C2(CN)CCC(C)c3ccccc32)CCS1. The molecule has 0 aromatic heterocycles. The first-order valence-electron chi connectivity index (χ1n) is 8.37. The van der Waals surface area contributed by atoms with E-state index in [1.807, 2.05) is 0 Å². The van der Waals surface area contributed by atoms with Crippen LogP contribution in [0.1, 0.15) is 50.2 Å².